The first-order valence-electron chi connectivity index (χ1n) is 11.1. The Labute approximate surface area is 180 Å². The topological polar surface area (TPSA) is 128 Å². The van der Waals surface area contributed by atoms with Gasteiger partial charge in [0.25, 0.3) is 0 Å². The van der Waals surface area contributed by atoms with Gasteiger partial charge in [-0.3, -0.25) is 9.69 Å². The number of likely N-dealkylation sites (tertiary alicyclic amines) is 1. The van der Waals surface area contributed by atoms with Crippen LogP contribution in [0.3, 0.4) is 0 Å². The number of aliphatic hydroxyl groups excluding tert-OH is 1. The number of phenols is 1. The van der Waals surface area contributed by atoms with Gasteiger partial charge in [0, 0.05) is 24.6 Å². The molecule has 1 spiro atoms. The van der Waals surface area contributed by atoms with E-state index in [1.165, 1.54) is 19.8 Å². The van der Waals surface area contributed by atoms with Gasteiger partial charge in [-0.1, -0.05) is 6.07 Å². The Morgan fingerprint density at radius 1 is 1.32 bits per heavy atom. The molecule has 0 radical (unpaired) electrons. The van der Waals surface area contributed by atoms with Gasteiger partial charge in [-0.15, -0.1) is 0 Å². The highest BCUT2D eigenvalue weighted by molar-refractivity contribution is 5.90. The third-order valence-corrected chi connectivity index (χ3v) is 7.92. The normalized spacial score (nSPS) is 36.0. The van der Waals surface area contributed by atoms with Gasteiger partial charge >= 0.3 is 5.97 Å². The first-order valence-corrected chi connectivity index (χ1v) is 11.1. The van der Waals surface area contributed by atoms with Crippen LogP contribution in [0.1, 0.15) is 50.2 Å². The molecule has 0 aromatic heterocycles. The average molecular weight is 431 g/mol. The molecular weight excluding hydrogens is 402 g/mol. The molecule has 6 rings (SSSR count). The van der Waals surface area contributed by atoms with Gasteiger partial charge in [0.2, 0.25) is 0 Å². The Balaban J connectivity index is 0.000000303. The molecule has 5 aliphatic rings. The minimum Gasteiger partial charge on any atom is -0.504 e. The van der Waals surface area contributed by atoms with Crippen LogP contribution in [0.25, 0.3) is 0 Å². The van der Waals surface area contributed by atoms with E-state index in [2.05, 4.69) is 4.90 Å². The molecule has 5 atom stereocenters. The number of hydrogen-bond donors (Lipinski definition) is 4. The molecule has 1 aromatic carbocycles. The highest BCUT2D eigenvalue weighted by Gasteiger charge is 2.73. The lowest BCUT2D eigenvalue weighted by Crippen LogP contribution is -2.76. The van der Waals surface area contributed by atoms with Gasteiger partial charge in [-0.2, -0.15) is 0 Å². The summed E-state index contributed by atoms with van der Waals surface area (Å²) in [6.45, 7) is 3.15. The van der Waals surface area contributed by atoms with Crippen LogP contribution in [0, 0.1) is 5.92 Å². The number of carboxylic acid groups (broad SMARTS) is 1. The lowest BCUT2D eigenvalue weighted by Gasteiger charge is -2.62. The molecule has 4 N–H and O–H groups in total. The number of ketones is 1. The highest BCUT2D eigenvalue weighted by Crippen LogP contribution is 2.64. The SMILES string of the molecule is CC(O)C(=O)O.O=C1CC[C@@]2(O)[C@H]3Cc4ccc(O)c5c4[C@@]2(CCN3CC2CC2)[C@H]1O5. The predicted octanol–water partition coefficient (Wildman–Crippen LogP) is 0.977. The van der Waals surface area contributed by atoms with E-state index in [9.17, 15) is 19.8 Å². The summed E-state index contributed by atoms with van der Waals surface area (Å²) in [5, 5.41) is 38.1. The number of Topliss-reactive ketones (excluding diaryl/α,β-unsaturated/α-hetero) is 1. The van der Waals surface area contributed by atoms with Gasteiger partial charge in [-0.05, 0) is 63.1 Å². The van der Waals surface area contributed by atoms with Crippen LogP contribution in [0.15, 0.2) is 12.1 Å². The van der Waals surface area contributed by atoms with Crippen LogP contribution in [0.2, 0.25) is 0 Å². The van der Waals surface area contributed by atoms with E-state index in [4.69, 9.17) is 14.9 Å². The molecule has 3 aliphatic carbocycles. The van der Waals surface area contributed by atoms with E-state index in [1.807, 2.05) is 6.07 Å². The Morgan fingerprint density at radius 2 is 2.03 bits per heavy atom. The van der Waals surface area contributed by atoms with Crippen molar-refractivity contribution in [2.75, 3.05) is 13.1 Å². The molecular formula is C23H29NO7. The summed E-state index contributed by atoms with van der Waals surface area (Å²) in [6, 6.07) is 3.69. The average Bonchev–Trinajstić information content (AvgIpc) is 3.46. The van der Waals surface area contributed by atoms with Crippen LogP contribution >= 0.6 is 0 Å². The molecule has 8 nitrogen and oxygen atoms in total. The second-order valence-corrected chi connectivity index (χ2v) is 9.73. The van der Waals surface area contributed by atoms with E-state index in [-0.39, 0.29) is 17.6 Å². The summed E-state index contributed by atoms with van der Waals surface area (Å²) in [7, 11) is 0. The van der Waals surface area contributed by atoms with Gasteiger partial charge < -0.3 is 25.2 Å². The number of aromatic hydroxyl groups is 1. The van der Waals surface area contributed by atoms with Crippen molar-refractivity contribution in [2.24, 2.45) is 5.92 Å². The minimum absolute atomic E-state index is 0.0454. The Morgan fingerprint density at radius 3 is 2.68 bits per heavy atom. The Bertz CT molecular complexity index is 942. The van der Waals surface area contributed by atoms with Crippen LogP contribution in [-0.4, -0.2) is 74.0 Å². The van der Waals surface area contributed by atoms with E-state index < -0.39 is 29.2 Å². The first kappa shape index (κ1) is 20.7. The predicted molar refractivity (Wildman–Crippen MR) is 109 cm³/mol. The molecule has 31 heavy (non-hydrogen) atoms. The van der Waals surface area contributed by atoms with Crippen molar-refractivity contribution in [3.8, 4) is 11.5 Å². The molecule has 8 heteroatoms. The lowest BCUT2D eigenvalue weighted by atomic mass is 9.49. The fourth-order valence-electron chi connectivity index (χ4n) is 6.26. The summed E-state index contributed by atoms with van der Waals surface area (Å²) in [4.78, 5) is 24.6. The molecule has 3 fully saturated rings. The number of ether oxygens (including phenoxy) is 1. The van der Waals surface area contributed by atoms with E-state index >= 15 is 0 Å². The molecule has 2 heterocycles. The number of rotatable bonds is 3. The van der Waals surface area contributed by atoms with E-state index in [1.54, 1.807) is 6.07 Å². The first-order chi connectivity index (χ1) is 14.7. The molecule has 1 aromatic rings. The van der Waals surface area contributed by atoms with Crippen molar-refractivity contribution in [1.82, 2.24) is 4.90 Å². The smallest absolute Gasteiger partial charge is 0.332 e. The van der Waals surface area contributed by atoms with Gasteiger partial charge in [0.05, 0.1) is 11.0 Å². The second kappa shape index (κ2) is 6.92. The maximum Gasteiger partial charge on any atom is 0.332 e. The third-order valence-electron chi connectivity index (χ3n) is 7.92. The maximum absolute atomic E-state index is 12.7. The zero-order chi connectivity index (χ0) is 22.1. The molecule has 168 valence electrons. The number of hydrogen-bond acceptors (Lipinski definition) is 7. The van der Waals surface area contributed by atoms with Crippen LogP contribution in [-0.2, 0) is 21.4 Å². The highest BCUT2D eigenvalue weighted by atomic mass is 16.5. The van der Waals surface area contributed by atoms with Crippen LogP contribution in [0.5, 0.6) is 11.5 Å². The Kier molecular flexibility index (Phi) is 4.63. The number of nitrogens with zero attached hydrogens (tertiary/aromatic N) is 1. The molecule has 0 amide bonds. The minimum atomic E-state index is -1.23. The molecule has 2 bridgehead atoms. The molecule has 2 saturated carbocycles. The van der Waals surface area contributed by atoms with Crippen molar-refractivity contribution in [3.63, 3.8) is 0 Å². The lowest BCUT2D eigenvalue weighted by molar-refractivity contribution is -0.188. The number of piperidine rings is 1. The quantitative estimate of drug-likeness (QED) is 0.558. The van der Waals surface area contributed by atoms with Gasteiger partial charge in [0.1, 0.15) is 6.10 Å². The fraction of sp³-hybridized carbons (Fsp3) is 0.652. The van der Waals surface area contributed by atoms with Crippen molar-refractivity contribution in [3.05, 3.63) is 23.3 Å². The molecule has 1 saturated heterocycles. The van der Waals surface area contributed by atoms with Crippen molar-refractivity contribution in [1.29, 1.82) is 0 Å². The maximum atomic E-state index is 12.7. The number of benzene rings is 1. The Hall–Kier alpha value is -2.16. The number of carboxylic acids is 1. The van der Waals surface area contributed by atoms with Crippen LogP contribution < -0.4 is 4.74 Å². The molecule has 1 unspecified atom stereocenters. The summed E-state index contributed by atoms with van der Waals surface area (Å²) < 4.78 is 6.04. The number of phenolic OH excluding ortho intramolecular Hbond substituents is 1. The second-order valence-electron chi connectivity index (χ2n) is 9.73. The summed E-state index contributed by atoms with van der Waals surface area (Å²) in [5.74, 6) is 0.203. The number of carbonyl (C=O) groups is 2. The number of aliphatic carboxylic acids is 1. The van der Waals surface area contributed by atoms with Gasteiger partial charge in [-0.25, -0.2) is 4.79 Å². The zero-order valence-electron chi connectivity index (χ0n) is 17.6. The van der Waals surface area contributed by atoms with E-state index in [0.717, 1.165) is 43.0 Å². The summed E-state index contributed by atoms with van der Waals surface area (Å²) in [6.07, 6.45) is 3.10. The number of carbonyl (C=O) groups excluding carboxylic acids is 1. The monoisotopic (exact) mass is 431 g/mol. The third kappa shape index (κ3) is 2.84. The fourth-order valence-corrected chi connectivity index (χ4v) is 6.26. The summed E-state index contributed by atoms with van der Waals surface area (Å²) in [5.41, 5.74) is 0.454. The van der Waals surface area contributed by atoms with Gasteiger partial charge in [0.15, 0.2) is 23.4 Å². The zero-order valence-corrected chi connectivity index (χ0v) is 17.6. The van der Waals surface area contributed by atoms with Crippen molar-refractivity contribution < 1.29 is 34.8 Å². The van der Waals surface area contributed by atoms with Crippen molar-refractivity contribution >= 4 is 11.8 Å². The van der Waals surface area contributed by atoms with E-state index in [0.29, 0.717) is 18.6 Å². The number of aliphatic hydroxyl groups is 2. The largest absolute Gasteiger partial charge is 0.504 e. The van der Waals surface area contributed by atoms with Crippen LogP contribution in [0.4, 0.5) is 0 Å². The summed E-state index contributed by atoms with van der Waals surface area (Å²) >= 11 is 0. The standard InChI is InChI=1S/C20H23NO4.C3H6O3/c22-13-4-3-12-9-15-20(24)6-5-14(23)18-19(20,16(12)17(13)25-18)7-8-21(15)10-11-1-2-11;1-2(4)3(5)6/h3-4,11,15,18,22,24H,1-2,5-10H2;2,4H,1H3,(H,5,6)/t15-,18+,19+,20-;/m1./s1. The van der Waals surface area contributed by atoms with Crippen molar-refractivity contribution in [2.45, 2.75) is 74.7 Å². The molecule has 2 aliphatic heterocycles.